The summed E-state index contributed by atoms with van der Waals surface area (Å²) in [6.07, 6.45) is 16.6. The second kappa shape index (κ2) is 10.7. The van der Waals surface area contributed by atoms with Crippen LogP contribution >= 0.6 is 0 Å². The molecule has 0 N–H and O–H groups in total. The molecule has 2 saturated carbocycles. The van der Waals surface area contributed by atoms with E-state index >= 15 is 4.39 Å². The van der Waals surface area contributed by atoms with Gasteiger partial charge in [-0.05, 0) is 96.9 Å². The Hall–Kier alpha value is -1.77. The molecule has 0 bridgehead atoms. The highest BCUT2D eigenvalue weighted by Gasteiger charge is 2.36. The minimum Gasteiger partial charge on any atom is -0.206 e. The van der Waals surface area contributed by atoms with Crippen LogP contribution in [0.4, 0.5) is 13.2 Å². The monoisotopic (exact) mass is 482 g/mol. The zero-order valence-corrected chi connectivity index (χ0v) is 21.6. The van der Waals surface area contributed by atoms with Crippen LogP contribution in [0.2, 0.25) is 0 Å². The van der Waals surface area contributed by atoms with Crippen molar-refractivity contribution < 1.29 is 13.2 Å². The fourth-order valence-electron chi connectivity index (χ4n) is 7.43. The predicted octanol–water partition coefficient (Wildman–Crippen LogP) is 10.4. The largest absolute Gasteiger partial charge is 0.206 e. The molecule has 2 aromatic carbocycles. The maximum atomic E-state index is 15.7. The normalized spacial score (nSPS) is 25.6. The van der Waals surface area contributed by atoms with Crippen LogP contribution in [-0.2, 0) is 6.42 Å². The van der Waals surface area contributed by atoms with E-state index in [2.05, 4.69) is 6.92 Å². The van der Waals surface area contributed by atoms with Crippen molar-refractivity contribution >= 4 is 0 Å². The average molecular weight is 483 g/mol. The highest BCUT2D eigenvalue weighted by Crippen LogP contribution is 2.53. The molecule has 0 amide bonds. The molecule has 5 rings (SSSR count). The molecule has 0 saturated heterocycles. The number of fused-ring (bicyclic) bond motifs is 4. The highest BCUT2D eigenvalue weighted by atomic mass is 19.2. The Morgan fingerprint density at radius 2 is 1.34 bits per heavy atom. The van der Waals surface area contributed by atoms with Gasteiger partial charge in [-0.2, -0.15) is 0 Å². The summed E-state index contributed by atoms with van der Waals surface area (Å²) in [5, 5.41) is 0. The van der Waals surface area contributed by atoms with E-state index in [4.69, 9.17) is 0 Å². The van der Waals surface area contributed by atoms with Crippen molar-refractivity contribution in [1.29, 1.82) is 0 Å². The summed E-state index contributed by atoms with van der Waals surface area (Å²) in [7, 11) is 0. The fraction of sp³-hybridized carbons (Fsp3) is 0.625. The maximum Gasteiger partial charge on any atom is 0.167 e. The number of unbranched alkanes of at least 4 members (excludes halogenated alkanes) is 2. The van der Waals surface area contributed by atoms with Gasteiger partial charge in [0.2, 0.25) is 0 Å². The van der Waals surface area contributed by atoms with E-state index in [1.54, 1.807) is 6.07 Å². The average Bonchev–Trinajstić information content (AvgIpc) is 2.87. The summed E-state index contributed by atoms with van der Waals surface area (Å²) >= 11 is 0. The Kier molecular flexibility index (Phi) is 7.61. The Balaban J connectivity index is 1.22. The lowest BCUT2D eigenvalue weighted by Gasteiger charge is -2.38. The summed E-state index contributed by atoms with van der Waals surface area (Å²) in [5.41, 5.74) is 2.97. The molecule has 0 atom stereocenters. The predicted molar refractivity (Wildman–Crippen MR) is 139 cm³/mol. The summed E-state index contributed by atoms with van der Waals surface area (Å²) in [5.74, 6) is 0.774. The van der Waals surface area contributed by atoms with Crippen LogP contribution in [-0.4, -0.2) is 0 Å². The van der Waals surface area contributed by atoms with Crippen molar-refractivity contribution in [2.24, 2.45) is 17.8 Å². The van der Waals surface area contributed by atoms with E-state index in [1.807, 2.05) is 19.1 Å². The lowest BCUT2D eigenvalue weighted by molar-refractivity contribution is 0.155. The molecule has 0 unspecified atom stereocenters. The van der Waals surface area contributed by atoms with Crippen molar-refractivity contribution in [2.45, 2.75) is 110 Å². The third-order valence-electron chi connectivity index (χ3n) is 9.50. The third kappa shape index (κ3) is 4.69. The van der Waals surface area contributed by atoms with Crippen molar-refractivity contribution in [1.82, 2.24) is 0 Å². The quantitative estimate of drug-likeness (QED) is 0.280. The van der Waals surface area contributed by atoms with E-state index in [-0.39, 0.29) is 17.3 Å². The van der Waals surface area contributed by atoms with Crippen LogP contribution in [0.5, 0.6) is 0 Å². The van der Waals surface area contributed by atoms with Gasteiger partial charge >= 0.3 is 0 Å². The number of hydrogen-bond donors (Lipinski definition) is 0. The molecule has 3 aliphatic rings. The Morgan fingerprint density at radius 3 is 2.00 bits per heavy atom. The maximum absolute atomic E-state index is 15.7. The Labute approximate surface area is 209 Å². The van der Waals surface area contributed by atoms with Gasteiger partial charge in [0, 0.05) is 11.1 Å². The molecule has 3 aliphatic carbocycles. The van der Waals surface area contributed by atoms with Crippen molar-refractivity contribution in [2.75, 3.05) is 0 Å². The molecule has 0 heterocycles. The number of hydrogen-bond acceptors (Lipinski definition) is 0. The number of rotatable bonds is 8. The zero-order valence-electron chi connectivity index (χ0n) is 21.6. The van der Waals surface area contributed by atoms with Gasteiger partial charge in [-0.25, -0.2) is 13.2 Å². The standard InChI is InChI=1S/C32H41F3/c1-3-5-6-8-20-9-11-21(12-10-20)22-13-15-23(16-14-22)25-17-18-26-27-19-24(7-4-2)30(33)32(35)29(27)28(26)31(25)34/h17-23H,3-16H2,1-2H3. The van der Waals surface area contributed by atoms with E-state index < -0.39 is 11.6 Å². The van der Waals surface area contributed by atoms with Crippen LogP contribution < -0.4 is 0 Å². The second-order valence-corrected chi connectivity index (χ2v) is 11.6. The van der Waals surface area contributed by atoms with Crippen molar-refractivity contribution in [3.63, 3.8) is 0 Å². The number of halogens is 3. The molecule has 2 fully saturated rings. The van der Waals surface area contributed by atoms with E-state index in [0.29, 0.717) is 28.7 Å². The molecule has 2 aromatic rings. The minimum atomic E-state index is -0.872. The van der Waals surface area contributed by atoms with Gasteiger partial charge in [0.15, 0.2) is 11.6 Å². The van der Waals surface area contributed by atoms with Gasteiger partial charge in [-0.1, -0.05) is 70.9 Å². The first-order valence-electron chi connectivity index (χ1n) is 14.4. The summed E-state index contributed by atoms with van der Waals surface area (Å²) in [4.78, 5) is 0. The molecule has 0 aliphatic heterocycles. The molecule has 0 nitrogen and oxygen atoms in total. The summed E-state index contributed by atoms with van der Waals surface area (Å²) in [6, 6.07) is 5.59. The molecule has 3 heteroatoms. The second-order valence-electron chi connectivity index (χ2n) is 11.6. The summed E-state index contributed by atoms with van der Waals surface area (Å²) in [6.45, 7) is 4.23. The van der Waals surface area contributed by atoms with Crippen LogP contribution in [0, 0.1) is 35.2 Å². The SMILES string of the molecule is CCCCCC1CCC(C2CCC(c3ccc4c(c3F)-c3c-4cc(CCC)c(F)c3F)CC2)CC1. The van der Waals surface area contributed by atoms with E-state index in [1.165, 1.54) is 64.2 Å². The third-order valence-corrected chi connectivity index (χ3v) is 9.50. The van der Waals surface area contributed by atoms with Crippen LogP contribution in [0.3, 0.4) is 0 Å². The first-order valence-corrected chi connectivity index (χ1v) is 14.4. The van der Waals surface area contributed by atoms with Crippen molar-refractivity contribution in [3.8, 4) is 22.3 Å². The molecular formula is C32H41F3. The Morgan fingerprint density at radius 1 is 0.686 bits per heavy atom. The van der Waals surface area contributed by atoms with Crippen LogP contribution in [0.25, 0.3) is 22.3 Å². The van der Waals surface area contributed by atoms with Gasteiger partial charge in [-0.3, -0.25) is 0 Å². The number of benzene rings is 2. The van der Waals surface area contributed by atoms with Gasteiger partial charge in [0.1, 0.15) is 5.82 Å². The first-order chi connectivity index (χ1) is 17.0. The van der Waals surface area contributed by atoms with Gasteiger partial charge in [0.05, 0.1) is 0 Å². The van der Waals surface area contributed by atoms with Gasteiger partial charge in [0.25, 0.3) is 0 Å². The molecule has 0 radical (unpaired) electrons. The lowest BCUT2D eigenvalue weighted by atomic mass is 9.67. The summed E-state index contributed by atoms with van der Waals surface area (Å²) < 4.78 is 45.1. The highest BCUT2D eigenvalue weighted by molar-refractivity contribution is 6.03. The molecule has 35 heavy (non-hydrogen) atoms. The van der Waals surface area contributed by atoms with Gasteiger partial charge < -0.3 is 0 Å². The Bertz CT molecular complexity index is 1040. The topological polar surface area (TPSA) is 0 Å². The van der Waals surface area contributed by atoms with Gasteiger partial charge in [-0.15, -0.1) is 0 Å². The van der Waals surface area contributed by atoms with Crippen LogP contribution in [0.1, 0.15) is 114 Å². The van der Waals surface area contributed by atoms with Crippen LogP contribution in [0.15, 0.2) is 18.2 Å². The minimum absolute atomic E-state index is 0.154. The first kappa shape index (κ1) is 24.9. The van der Waals surface area contributed by atoms with Crippen molar-refractivity contribution in [3.05, 3.63) is 46.8 Å². The fourth-order valence-corrected chi connectivity index (χ4v) is 7.43. The molecular weight excluding hydrogens is 441 g/mol. The molecule has 0 spiro atoms. The lowest BCUT2D eigenvalue weighted by Crippen LogP contribution is -2.25. The zero-order chi connectivity index (χ0) is 24.5. The smallest absolute Gasteiger partial charge is 0.167 e. The molecule has 0 aromatic heterocycles. The van der Waals surface area contributed by atoms with E-state index in [0.717, 1.165) is 42.6 Å². The van der Waals surface area contributed by atoms with E-state index in [9.17, 15) is 8.78 Å². The molecule has 190 valence electrons. The number of aryl methyl sites for hydroxylation is 1.